The van der Waals surface area contributed by atoms with Gasteiger partial charge in [0.15, 0.2) is 5.58 Å². The van der Waals surface area contributed by atoms with Gasteiger partial charge in [0.05, 0.1) is 11.1 Å². The van der Waals surface area contributed by atoms with Crippen molar-refractivity contribution < 1.29 is 4.42 Å². The van der Waals surface area contributed by atoms with Crippen molar-refractivity contribution >= 4 is 39.0 Å². The molecule has 10 aromatic rings. The van der Waals surface area contributed by atoms with Crippen LogP contribution in [0.4, 0.5) is 17.1 Å². The van der Waals surface area contributed by atoms with E-state index < -0.39 is 5.41 Å². The molecule has 1 aromatic heterocycles. The van der Waals surface area contributed by atoms with Gasteiger partial charge in [-0.3, -0.25) is 0 Å². The van der Waals surface area contributed by atoms with Gasteiger partial charge in [0.2, 0.25) is 0 Å². The molecule has 0 saturated heterocycles. The Morgan fingerprint density at radius 1 is 0.383 bits per heavy atom. The molecule has 2 heteroatoms. The second kappa shape index (κ2) is 13.0. The number of hydrogen-bond donors (Lipinski definition) is 0. The second-order valence-electron chi connectivity index (χ2n) is 16.8. The Morgan fingerprint density at radius 3 is 1.65 bits per heavy atom. The summed E-state index contributed by atoms with van der Waals surface area (Å²) in [4.78, 5) is 2.39. The first-order chi connectivity index (χ1) is 29.5. The Kier molecular flexibility index (Phi) is 7.52. The van der Waals surface area contributed by atoms with Crippen LogP contribution in [0.3, 0.4) is 0 Å². The minimum absolute atomic E-state index is 0.142. The van der Waals surface area contributed by atoms with Gasteiger partial charge in [0.25, 0.3) is 0 Å². The van der Waals surface area contributed by atoms with Crippen molar-refractivity contribution in [2.75, 3.05) is 4.90 Å². The number of benzene rings is 9. The fourth-order valence-corrected chi connectivity index (χ4v) is 10.6. The molecule has 284 valence electrons. The van der Waals surface area contributed by atoms with Gasteiger partial charge in [0, 0.05) is 27.6 Å². The van der Waals surface area contributed by atoms with E-state index in [1.54, 1.807) is 0 Å². The molecule has 2 nitrogen and oxygen atoms in total. The minimum atomic E-state index is -0.508. The monoisotopic (exact) mass is 767 g/mol. The fraction of sp³-hybridized carbons (Fsp3) is 0.0690. The third-order valence-electron chi connectivity index (χ3n) is 13.4. The van der Waals surface area contributed by atoms with E-state index in [4.69, 9.17) is 4.42 Å². The number of para-hydroxylation sites is 1. The summed E-state index contributed by atoms with van der Waals surface area (Å²) in [5, 5.41) is 2.21. The molecule has 0 saturated carbocycles. The molecule has 0 amide bonds. The van der Waals surface area contributed by atoms with Crippen LogP contribution >= 0.6 is 0 Å². The van der Waals surface area contributed by atoms with Gasteiger partial charge in [-0.2, -0.15) is 0 Å². The molecule has 0 unspecified atom stereocenters. The van der Waals surface area contributed by atoms with E-state index in [0.717, 1.165) is 39.0 Å². The Labute approximate surface area is 350 Å². The summed E-state index contributed by atoms with van der Waals surface area (Å²) in [5.74, 6) is 0. The molecule has 12 rings (SSSR count). The lowest BCUT2D eigenvalue weighted by molar-refractivity contribution is 0.660. The van der Waals surface area contributed by atoms with Gasteiger partial charge < -0.3 is 9.32 Å². The predicted octanol–water partition coefficient (Wildman–Crippen LogP) is 15.4. The van der Waals surface area contributed by atoms with Crippen molar-refractivity contribution in [3.05, 3.63) is 246 Å². The molecular weight excluding hydrogens is 727 g/mol. The van der Waals surface area contributed by atoms with E-state index in [1.165, 1.54) is 66.8 Å². The molecule has 9 aromatic carbocycles. The molecule has 2 aliphatic rings. The van der Waals surface area contributed by atoms with Crippen LogP contribution in [0.5, 0.6) is 0 Å². The van der Waals surface area contributed by atoms with Crippen molar-refractivity contribution in [2.24, 2.45) is 0 Å². The molecule has 60 heavy (non-hydrogen) atoms. The quantitative estimate of drug-likeness (QED) is 0.168. The van der Waals surface area contributed by atoms with Crippen LogP contribution in [0.15, 0.2) is 217 Å². The summed E-state index contributed by atoms with van der Waals surface area (Å²) >= 11 is 0. The maximum Gasteiger partial charge on any atom is 0.159 e. The fourth-order valence-electron chi connectivity index (χ4n) is 10.6. The highest BCUT2D eigenvalue weighted by molar-refractivity contribution is 6.12. The zero-order valence-corrected chi connectivity index (χ0v) is 33.6. The Morgan fingerprint density at radius 2 is 0.950 bits per heavy atom. The SMILES string of the molecule is CC1(C)c2ccccc2-c2ccc(N(c3ccc(-c4ccccc4)cc3)c3cccc4c3oc3cc5c(cc34)-c3ccccc3C5(c3ccccc3)c3ccccc3)cc21. The van der Waals surface area contributed by atoms with Crippen LogP contribution < -0.4 is 4.90 Å². The summed E-state index contributed by atoms with van der Waals surface area (Å²) in [5.41, 5.74) is 19.5. The Balaban J connectivity index is 1.09. The number of anilines is 3. The van der Waals surface area contributed by atoms with Crippen molar-refractivity contribution in [2.45, 2.75) is 24.7 Å². The molecule has 0 radical (unpaired) electrons. The van der Waals surface area contributed by atoms with E-state index in [-0.39, 0.29) is 5.41 Å². The standard InChI is InChI=1S/C58H41NO/c1-57(2)50-26-14-12-23-44(50)46-34-33-43(35-52(46)57)59(42-31-29-39(30-32-42)38-17-6-3-7-18-38)54-28-16-25-47-49-36-48-45-24-13-15-27-51(45)58(40-19-8-4-9-20-40,41-21-10-5-11-22-41)53(48)37-55(49)60-56(47)54/h3-37H,1-2H3. The van der Waals surface area contributed by atoms with Gasteiger partial charge in [-0.25, -0.2) is 0 Å². The second-order valence-corrected chi connectivity index (χ2v) is 16.8. The third kappa shape index (κ3) is 4.88. The lowest BCUT2D eigenvalue weighted by Crippen LogP contribution is -2.28. The van der Waals surface area contributed by atoms with Gasteiger partial charge >= 0.3 is 0 Å². The Hall–Kier alpha value is -7.42. The van der Waals surface area contributed by atoms with Crippen LogP contribution in [0, 0.1) is 0 Å². The number of furan rings is 1. The van der Waals surface area contributed by atoms with Crippen LogP contribution in [0.25, 0.3) is 55.3 Å². The first kappa shape index (κ1) is 34.6. The predicted molar refractivity (Wildman–Crippen MR) is 249 cm³/mol. The van der Waals surface area contributed by atoms with Gasteiger partial charge in [-0.05, 0) is 109 Å². The molecule has 2 aliphatic carbocycles. The number of fused-ring (bicyclic) bond motifs is 9. The average Bonchev–Trinajstić information content (AvgIpc) is 3.90. The minimum Gasteiger partial charge on any atom is -0.454 e. The highest BCUT2D eigenvalue weighted by atomic mass is 16.3. The summed E-state index contributed by atoms with van der Waals surface area (Å²) in [6, 6.07) is 77.7. The first-order valence-electron chi connectivity index (χ1n) is 20.9. The van der Waals surface area contributed by atoms with Crippen LogP contribution in [-0.4, -0.2) is 0 Å². The normalized spacial score (nSPS) is 14.1. The topological polar surface area (TPSA) is 16.4 Å². The van der Waals surface area contributed by atoms with Crippen LogP contribution in [0.1, 0.15) is 47.2 Å². The zero-order valence-electron chi connectivity index (χ0n) is 33.6. The smallest absolute Gasteiger partial charge is 0.159 e. The maximum atomic E-state index is 7.23. The summed E-state index contributed by atoms with van der Waals surface area (Å²) in [6.07, 6.45) is 0. The highest BCUT2D eigenvalue weighted by Crippen LogP contribution is 2.58. The maximum absolute atomic E-state index is 7.23. The number of nitrogens with zero attached hydrogens (tertiary/aromatic N) is 1. The van der Waals surface area contributed by atoms with Crippen molar-refractivity contribution in [1.29, 1.82) is 0 Å². The van der Waals surface area contributed by atoms with Gasteiger partial charge in [-0.1, -0.05) is 184 Å². The van der Waals surface area contributed by atoms with Crippen molar-refractivity contribution in [1.82, 2.24) is 0 Å². The van der Waals surface area contributed by atoms with E-state index in [1.807, 2.05) is 0 Å². The van der Waals surface area contributed by atoms with Gasteiger partial charge in [-0.15, -0.1) is 0 Å². The van der Waals surface area contributed by atoms with Crippen molar-refractivity contribution in [3.63, 3.8) is 0 Å². The van der Waals surface area contributed by atoms with Crippen LogP contribution in [0.2, 0.25) is 0 Å². The van der Waals surface area contributed by atoms with E-state index in [9.17, 15) is 0 Å². The first-order valence-corrected chi connectivity index (χ1v) is 20.9. The molecule has 0 aliphatic heterocycles. The molecule has 0 N–H and O–H groups in total. The highest BCUT2D eigenvalue weighted by Gasteiger charge is 2.46. The zero-order chi connectivity index (χ0) is 40.0. The summed E-state index contributed by atoms with van der Waals surface area (Å²) < 4.78 is 7.23. The van der Waals surface area contributed by atoms with Gasteiger partial charge in [0.1, 0.15) is 5.58 Å². The molecule has 0 atom stereocenters. The molecule has 0 bridgehead atoms. The van der Waals surface area contributed by atoms with Crippen LogP contribution in [-0.2, 0) is 10.8 Å². The molecule has 0 fully saturated rings. The molecule has 1 heterocycles. The average molecular weight is 768 g/mol. The lowest BCUT2D eigenvalue weighted by Gasteiger charge is -2.33. The summed E-state index contributed by atoms with van der Waals surface area (Å²) in [6.45, 7) is 4.70. The van der Waals surface area contributed by atoms with E-state index in [2.05, 4.69) is 231 Å². The molecule has 0 spiro atoms. The molecular formula is C58H41NO. The van der Waals surface area contributed by atoms with Crippen molar-refractivity contribution in [3.8, 4) is 33.4 Å². The summed E-state index contributed by atoms with van der Waals surface area (Å²) in [7, 11) is 0. The van der Waals surface area contributed by atoms with E-state index >= 15 is 0 Å². The van der Waals surface area contributed by atoms with E-state index in [0.29, 0.717) is 0 Å². The number of hydrogen-bond acceptors (Lipinski definition) is 2. The lowest BCUT2D eigenvalue weighted by atomic mass is 9.67. The Bertz CT molecular complexity index is 3230. The number of rotatable bonds is 6. The third-order valence-corrected chi connectivity index (χ3v) is 13.4. The largest absolute Gasteiger partial charge is 0.454 e.